The number of rotatable bonds is 4. The van der Waals surface area contributed by atoms with E-state index in [9.17, 15) is 4.79 Å². The third-order valence-corrected chi connectivity index (χ3v) is 5.10. The number of aromatic nitrogens is 3. The molecule has 1 unspecified atom stereocenters. The van der Waals surface area contributed by atoms with E-state index in [0.717, 1.165) is 16.8 Å². The summed E-state index contributed by atoms with van der Waals surface area (Å²) < 4.78 is 1.75. The number of amides is 1. The van der Waals surface area contributed by atoms with Gasteiger partial charge in [0.05, 0.1) is 0 Å². The van der Waals surface area contributed by atoms with Gasteiger partial charge in [-0.3, -0.25) is 10.1 Å². The van der Waals surface area contributed by atoms with Crippen molar-refractivity contribution in [3.8, 4) is 0 Å². The molecular formula is C21H19Cl2N5O. The Bertz CT molecular complexity index is 1070. The molecule has 1 aromatic heterocycles. The third kappa shape index (κ3) is 4.13. The van der Waals surface area contributed by atoms with E-state index in [2.05, 4.69) is 26.8 Å². The highest BCUT2D eigenvalue weighted by Gasteiger charge is 2.26. The molecule has 0 spiro atoms. The fraction of sp³-hybridized carbons (Fsp3) is 0.190. The predicted octanol–water partition coefficient (Wildman–Crippen LogP) is 5.24. The highest BCUT2D eigenvalue weighted by Crippen LogP contribution is 2.34. The van der Waals surface area contributed by atoms with Gasteiger partial charge < -0.3 is 5.32 Å². The van der Waals surface area contributed by atoms with E-state index in [4.69, 9.17) is 23.2 Å². The summed E-state index contributed by atoms with van der Waals surface area (Å²) in [5.41, 5.74) is 2.84. The van der Waals surface area contributed by atoms with Crippen molar-refractivity contribution in [2.24, 2.45) is 5.92 Å². The van der Waals surface area contributed by atoms with Crippen molar-refractivity contribution in [3.63, 3.8) is 0 Å². The first-order valence-corrected chi connectivity index (χ1v) is 9.94. The van der Waals surface area contributed by atoms with Gasteiger partial charge in [0.25, 0.3) is 5.95 Å². The number of benzene rings is 2. The first-order chi connectivity index (χ1) is 13.9. The van der Waals surface area contributed by atoms with E-state index in [1.165, 1.54) is 0 Å². The molecule has 148 valence electrons. The SMILES string of the molecule is CC(C)C(=O)Nc1nc2n(n1)C(c1ccc(Cl)cc1)C=C(c1ccc(Cl)cc1)N2. The van der Waals surface area contributed by atoms with Crippen LogP contribution in [-0.2, 0) is 4.79 Å². The molecule has 0 bridgehead atoms. The maximum absolute atomic E-state index is 12.1. The Hall–Kier alpha value is -2.83. The van der Waals surface area contributed by atoms with Gasteiger partial charge in [-0.25, -0.2) is 4.68 Å². The smallest absolute Gasteiger partial charge is 0.250 e. The Morgan fingerprint density at radius 2 is 1.69 bits per heavy atom. The number of halogens is 2. The molecular weight excluding hydrogens is 409 g/mol. The van der Waals surface area contributed by atoms with Gasteiger partial charge in [-0.05, 0) is 41.5 Å². The standard InChI is InChI=1S/C21H19Cl2N5O/c1-12(2)19(29)25-20-26-21-24-17(13-3-7-15(22)8-4-13)11-18(28(21)27-20)14-5-9-16(23)10-6-14/h3-12,18H,1-2H3,(H2,24,25,26,27,29). The molecule has 4 rings (SSSR count). The zero-order valence-electron chi connectivity index (χ0n) is 15.9. The highest BCUT2D eigenvalue weighted by atomic mass is 35.5. The summed E-state index contributed by atoms with van der Waals surface area (Å²) in [5, 5.41) is 11.9. The van der Waals surface area contributed by atoms with Crippen LogP contribution in [0.1, 0.15) is 31.0 Å². The van der Waals surface area contributed by atoms with Gasteiger partial charge in [0.15, 0.2) is 0 Å². The number of carbonyl (C=O) groups is 1. The summed E-state index contributed by atoms with van der Waals surface area (Å²) in [6, 6.07) is 14.9. The second-order valence-corrected chi connectivity index (χ2v) is 7.93. The van der Waals surface area contributed by atoms with E-state index in [1.807, 2.05) is 62.4 Å². The van der Waals surface area contributed by atoms with Crippen LogP contribution >= 0.6 is 23.2 Å². The van der Waals surface area contributed by atoms with Gasteiger partial charge in [-0.2, -0.15) is 4.98 Å². The van der Waals surface area contributed by atoms with Crippen molar-refractivity contribution in [1.82, 2.24) is 14.8 Å². The molecule has 2 aromatic carbocycles. The van der Waals surface area contributed by atoms with E-state index in [1.54, 1.807) is 4.68 Å². The van der Waals surface area contributed by atoms with Crippen molar-refractivity contribution >= 4 is 46.7 Å². The monoisotopic (exact) mass is 427 g/mol. The molecule has 1 aliphatic heterocycles. The zero-order valence-corrected chi connectivity index (χ0v) is 17.4. The van der Waals surface area contributed by atoms with Gasteiger partial charge in [0, 0.05) is 21.7 Å². The lowest BCUT2D eigenvalue weighted by molar-refractivity contribution is -0.118. The van der Waals surface area contributed by atoms with E-state index < -0.39 is 0 Å². The Morgan fingerprint density at radius 3 is 2.31 bits per heavy atom. The minimum Gasteiger partial charge on any atom is -0.324 e. The topological polar surface area (TPSA) is 71.8 Å². The highest BCUT2D eigenvalue weighted by molar-refractivity contribution is 6.30. The number of anilines is 2. The molecule has 1 aliphatic rings. The fourth-order valence-corrected chi connectivity index (χ4v) is 3.25. The van der Waals surface area contributed by atoms with Crippen molar-refractivity contribution in [2.45, 2.75) is 19.9 Å². The molecule has 8 heteroatoms. The zero-order chi connectivity index (χ0) is 20.5. The van der Waals surface area contributed by atoms with Crippen LogP contribution in [0.2, 0.25) is 10.0 Å². The maximum atomic E-state index is 12.1. The van der Waals surface area contributed by atoms with Crippen LogP contribution in [0.4, 0.5) is 11.9 Å². The fourth-order valence-electron chi connectivity index (χ4n) is 3.00. The summed E-state index contributed by atoms with van der Waals surface area (Å²) >= 11 is 12.1. The average Bonchev–Trinajstić information content (AvgIpc) is 3.10. The second-order valence-electron chi connectivity index (χ2n) is 7.06. The number of carbonyl (C=O) groups excluding carboxylic acids is 1. The number of nitrogens with zero attached hydrogens (tertiary/aromatic N) is 3. The minimum atomic E-state index is -0.216. The minimum absolute atomic E-state index is 0.137. The molecule has 1 atom stereocenters. The van der Waals surface area contributed by atoms with Crippen LogP contribution < -0.4 is 10.6 Å². The normalized spacial score (nSPS) is 15.5. The largest absolute Gasteiger partial charge is 0.324 e. The van der Waals surface area contributed by atoms with Crippen LogP contribution in [-0.4, -0.2) is 20.7 Å². The Labute approximate surface area is 178 Å². The van der Waals surface area contributed by atoms with Crippen LogP contribution in [0.5, 0.6) is 0 Å². The maximum Gasteiger partial charge on any atom is 0.250 e. The summed E-state index contributed by atoms with van der Waals surface area (Å²) in [7, 11) is 0. The number of nitrogens with one attached hydrogen (secondary N) is 2. The van der Waals surface area contributed by atoms with Crippen molar-refractivity contribution in [2.75, 3.05) is 10.6 Å². The molecule has 0 saturated heterocycles. The molecule has 3 aromatic rings. The van der Waals surface area contributed by atoms with Crippen molar-refractivity contribution in [3.05, 3.63) is 75.8 Å². The Balaban J connectivity index is 1.75. The lowest BCUT2D eigenvalue weighted by atomic mass is 10.0. The van der Waals surface area contributed by atoms with Gasteiger partial charge >= 0.3 is 0 Å². The molecule has 6 nitrogen and oxygen atoms in total. The molecule has 0 fully saturated rings. The molecule has 29 heavy (non-hydrogen) atoms. The van der Waals surface area contributed by atoms with Crippen LogP contribution in [0, 0.1) is 5.92 Å². The molecule has 0 saturated carbocycles. The summed E-state index contributed by atoms with van der Waals surface area (Å²) in [6.07, 6.45) is 2.06. The van der Waals surface area contributed by atoms with Crippen LogP contribution in [0.15, 0.2) is 54.6 Å². The third-order valence-electron chi connectivity index (χ3n) is 4.59. The average molecular weight is 428 g/mol. The molecule has 0 aliphatic carbocycles. The Kier molecular flexibility index (Phi) is 5.30. The van der Waals surface area contributed by atoms with Gasteiger partial charge in [0.2, 0.25) is 11.9 Å². The van der Waals surface area contributed by atoms with Crippen LogP contribution in [0.25, 0.3) is 5.70 Å². The molecule has 2 heterocycles. The van der Waals surface area contributed by atoms with Crippen molar-refractivity contribution < 1.29 is 4.79 Å². The molecule has 2 N–H and O–H groups in total. The number of hydrogen-bond donors (Lipinski definition) is 2. The summed E-state index contributed by atoms with van der Waals surface area (Å²) in [6.45, 7) is 3.64. The lowest BCUT2D eigenvalue weighted by Crippen LogP contribution is -2.20. The van der Waals surface area contributed by atoms with Gasteiger partial charge in [-0.15, -0.1) is 5.10 Å². The second kappa shape index (κ2) is 7.89. The predicted molar refractivity (Wildman–Crippen MR) is 116 cm³/mol. The number of fused-ring (bicyclic) bond motifs is 1. The summed E-state index contributed by atoms with van der Waals surface area (Å²) in [5.74, 6) is 0.493. The quantitative estimate of drug-likeness (QED) is 0.597. The Morgan fingerprint density at radius 1 is 1.07 bits per heavy atom. The van der Waals surface area contributed by atoms with Gasteiger partial charge in [-0.1, -0.05) is 61.3 Å². The number of hydrogen-bond acceptors (Lipinski definition) is 4. The van der Waals surface area contributed by atoms with E-state index in [-0.39, 0.29) is 23.8 Å². The first-order valence-electron chi connectivity index (χ1n) is 9.18. The van der Waals surface area contributed by atoms with Crippen LogP contribution in [0.3, 0.4) is 0 Å². The lowest BCUT2D eigenvalue weighted by Gasteiger charge is -2.24. The number of allylic oxidation sites excluding steroid dienone is 1. The van der Waals surface area contributed by atoms with Gasteiger partial charge in [0.1, 0.15) is 6.04 Å². The summed E-state index contributed by atoms with van der Waals surface area (Å²) in [4.78, 5) is 16.5. The molecule has 1 amide bonds. The van der Waals surface area contributed by atoms with Crippen molar-refractivity contribution in [1.29, 1.82) is 0 Å². The first kappa shape index (κ1) is 19.5. The molecule has 0 radical (unpaired) electrons. The van der Waals surface area contributed by atoms with E-state index in [0.29, 0.717) is 16.0 Å². The van der Waals surface area contributed by atoms with E-state index >= 15 is 0 Å².